The Kier molecular flexibility index (Phi) is 8.29. The molecule has 2 aliphatic heterocycles. The molecule has 2 fully saturated rings. The summed E-state index contributed by atoms with van der Waals surface area (Å²) in [5.74, 6) is 0.0138. The summed E-state index contributed by atoms with van der Waals surface area (Å²) in [6.45, 7) is -1.98. The van der Waals surface area contributed by atoms with Gasteiger partial charge in [0.2, 0.25) is 0 Å². The fourth-order valence-electron chi connectivity index (χ4n) is 4.76. The predicted molar refractivity (Wildman–Crippen MR) is 142 cm³/mol. The second kappa shape index (κ2) is 11.8. The van der Waals surface area contributed by atoms with E-state index in [4.69, 9.17) is 20.9 Å². The number of aliphatic hydroxyl groups excluding tert-OH is 2. The number of hydrogen-bond donors (Lipinski definition) is 6. The van der Waals surface area contributed by atoms with Crippen LogP contribution in [0.5, 0.6) is 0 Å². The number of phosphoric ester groups is 2. The summed E-state index contributed by atoms with van der Waals surface area (Å²) in [6.07, 6.45) is -9.62. The van der Waals surface area contributed by atoms with Gasteiger partial charge in [-0.1, -0.05) is 0 Å². The Labute approximate surface area is 249 Å². The zero-order valence-corrected chi connectivity index (χ0v) is 24.2. The highest BCUT2D eigenvalue weighted by Crippen LogP contribution is 2.61. The molecule has 45 heavy (non-hydrogen) atoms. The molecule has 244 valence electrons. The monoisotopic (exact) mass is 680 g/mol. The number of imidazole rings is 2. The molecule has 2 unspecified atom stereocenters. The molecule has 2 aliphatic rings. The number of anilines is 2. The van der Waals surface area contributed by atoms with Crippen LogP contribution in [0, 0.1) is 0 Å². The van der Waals surface area contributed by atoms with E-state index in [1.165, 1.54) is 0 Å². The number of nitrogens with zero attached hydrogens (tertiary/aromatic N) is 8. The van der Waals surface area contributed by atoms with Gasteiger partial charge in [0.05, 0.1) is 25.9 Å². The molecule has 2 saturated heterocycles. The quantitative estimate of drug-likeness (QED) is 0.113. The first-order valence-electron chi connectivity index (χ1n) is 12.7. The Balaban J connectivity index is 1.04. The lowest BCUT2D eigenvalue weighted by Gasteiger charge is -2.20. The summed E-state index contributed by atoms with van der Waals surface area (Å²) >= 11 is 0. The third-order valence-corrected chi connectivity index (χ3v) is 9.52. The number of nitrogens with two attached hydrogens (primary N) is 2. The lowest BCUT2D eigenvalue weighted by Crippen LogP contribution is -2.31. The fraction of sp³-hybridized carbons (Fsp3) is 0.500. The Morgan fingerprint density at radius 1 is 0.756 bits per heavy atom. The van der Waals surface area contributed by atoms with Gasteiger partial charge in [0, 0.05) is 0 Å². The molecule has 21 nitrogen and oxygen atoms in total. The average Bonchev–Trinajstić information content (AvgIpc) is 3.73. The zero-order chi connectivity index (χ0) is 32.3. The van der Waals surface area contributed by atoms with Crippen LogP contribution in [0.4, 0.5) is 20.4 Å². The first-order valence-corrected chi connectivity index (χ1v) is 15.7. The van der Waals surface area contributed by atoms with Crippen molar-refractivity contribution < 1.29 is 60.7 Å². The van der Waals surface area contributed by atoms with Crippen molar-refractivity contribution >= 4 is 49.6 Å². The van der Waals surface area contributed by atoms with Crippen molar-refractivity contribution in [2.75, 3.05) is 24.7 Å². The van der Waals surface area contributed by atoms with E-state index in [-0.39, 0.29) is 34.0 Å². The average molecular weight is 680 g/mol. The van der Waals surface area contributed by atoms with E-state index in [0.29, 0.717) is 0 Å². The number of halogens is 2. The van der Waals surface area contributed by atoms with Gasteiger partial charge in [0.1, 0.15) is 48.1 Å². The molecule has 0 amide bonds. The highest BCUT2D eigenvalue weighted by molar-refractivity contribution is 7.61. The van der Waals surface area contributed by atoms with E-state index in [0.717, 1.165) is 34.4 Å². The Morgan fingerprint density at radius 3 is 1.56 bits per heavy atom. The first kappa shape index (κ1) is 31.6. The smallest absolute Gasteiger partial charge is 0.387 e. The van der Waals surface area contributed by atoms with Crippen LogP contribution in [0.2, 0.25) is 0 Å². The van der Waals surface area contributed by atoms with Crippen molar-refractivity contribution in [2.24, 2.45) is 0 Å². The molecular weight excluding hydrogens is 656 g/mol. The lowest BCUT2D eigenvalue weighted by molar-refractivity contribution is -0.0485. The second-order valence-corrected chi connectivity index (χ2v) is 12.8. The van der Waals surface area contributed by atoms with Gasteiger partial charge < -0.3 is 40.9 Å². The number of aliphatic hydroxyl groups is 2. The highest BCUT2D eigenvalue weighted by Gasteiger charge is 2.49. The number of ether oxygens (including phenoxy) is 2. The summed E-state index contributed by atoms with van der Waals surface area (Å²) in [7, 11) is -10.9. The number of phosphoric acid groups is 2. The van der Waals surface area contributed by atoms with Crippen molar-refractivity contribution in [3.63, 3.8) is 0 Å². The summed E-state index contributed by atoms with van der Waals surface area (Å²) in [4.78, 5) is 43.4. The molecule has 0 aliphatic carbocycles. The minimum atomic E-state index is -5.43. The third kappa shape index (κ3) is 6.00. The number of alkyl halides is 2. The maximum atomic E-state index is 14.9. The zero-order valence-electron chi connectivity index (χ0n) is 22.4. The molecule has 10 atom stereocenters. The summed E-state index contributed by atoms with van der Waals surface area (Å²) in [5.41, 5.74) is 11.9. The third-order valence-electron chi connectivity index (χ3n) is 6.92. The van der Waals surface area contributed by atoms with Crippen LogP contribution in [0.25, 0.3) is 22.3 Å². The maximum Gasteiger partial charge on any atom is 0.481 e. The van der Waals surface area contributed by atoms with Crippen LogP contribution >= 0.6 is 15.6 Å². The largest absolute Gasteiger partial charge is 0.481 e. The number of hydrogen-bond acceptors (Lipinski definition) is 17. The molecule has 0 saturated carbocycles. The van der Waals surface area contributed by atoms with Crippen LogP contribution < -0.4 is 11.5 Å². The predicted octanol–water partition coefficient (Wildman–Crippen LogP) is -0.726. The Hall–Kier alpha value is -3.34. The van der Waals surface area contributed by atoms with Gasteiger partial charge in [0.25, 0.3) is 0 Å². The molecule has 25 heteroatoms. The minimum Gasteiger partial charge on any atom is -0.387 e. The van der Waals surface area contributed by atoms with E-state index >= 15 is 0 Å². The molecule has 0 aromatic carbocycles. The van der Waals surface area contributed by atoms with Crippen LogP contribution in [0.15, 0.2) is 25.3 Å². The van der Waals surface area contributed by atoms with E-state index in [9.17, 15) is 37.9 Å². The van der Waals surface area contributed by atoms with Gasteiger partial charge in [-0.05, 0) is 0 Å². The molecule has 4 aromatic rings. The Morgan fingerprint density at radius 2 is 1.16 bits per heavy atom. The molecule has 0 radical (unpaired) electrons. The molecule has 0 spiro atoms. The summed E-state index contributed by atoms with van der Waals surface area (Å²) in [5, 5.41) is 20.6. The first-order chi connectivity index (χ1) is 21.3. The van der Waals surface area contributed by atoms with E-state index in [1.54, 1.807) is 0 Å². The molecule has 6 rings (SSSR count). The number of nitrogen functional groups attached to an aromatic ring is 2. The van der Waals surface area contributed by atoms with Crippen molar-refractivity contribution in [2.45, 2.75) is 49.2 Å². The summed E-state index contributed by atoms with van der Waals surface area (Å²) in [6, 6.07) is 0. The molecule has 6 heterocycles. The standard InChI is InChI=1S/C20H24F2N10O11P2/c21-9-13(33)7(41-19(9)31-5-29-11-15(23)25-3-27-17(11)31)1-39-44(35,36)43-45(37,38)40-2-8-14(34)10(22)20(42-8)32-6-30-12-16(24)26-4-28-18(12)32/h3-10,13-14,19-20,33-34H,1-2H2,(H,35,36)(H,37,38)(H2,23,25,27)(H2,24,26,28)/t7-,8-,9+,10+,13-,14-,19-,20-/m1/s1. The van der Waals surface area contributed by atoms with E-state index in [2.05, 4.69) is 43.3 Å². The normalized spacial score (nSPS) is 31.4. The van der Waals surface area contributed by atoms with Gasteiger partial charge in [-0.25, -0.2) is 47.8 Å². The summed E-state index contributed by atoms with van der Waals surface area (Å²) < 4.78 is 81.4. The number of rotatable bonds is 10. The lowest BCUT2D eigenvalue weighted by atomic mass is 10.1. The minimum absolute atomic E-state index is 0.00689. The van der Waals surface area contributed by atoms with Gasteiger partial charge in [0.15, 0.2) is 47.7 Å². The number of aromatic nitrogens is 8. The molecular formula is C20H24F2N10O11P2. The maximum absolute atomic E-state index is 14.9. The molecule has 4 aromatic heterocycles. The topological polar surface area (TPSA) is 300 Å². The van der Waals surface area contributed by atoms with Crippen molar-refractivity contribution in [3.8, 4) is 0 Å². The Bertz CT molecular complexity index is 1690. The van der Waals surface area contributed by atoms with Crippen LogP contribution in [-0.4, -0.2) is 109 Å². The SMILES string of the molecule is Nc1ncnc2c1ncn2[C@@H]1O[C@H](COP(=O)(O)OP(=O)(O)OC[C@H]2O[C@@H](n3cnc4c(N)ncnc43)[C@@H](F)[C@@H]2O)[C@@H](O)[C@@H]1F. The second-order valence-electron chi connectivity index (χ2n) is 9.78. The highest BCUT2D eigenvalue weighted by atomic mass is 31.3. The van der Waals surface area contributed by atoms with Gasteiger partial charge in [-0.2, -0.15) is 4.31 Å². The molecule has 0 bridgehead atoms. The van der Waals surface area contributed by atoms with Crippen LogP contribution in [0.1, 0.15) is 12.5 Å². The van der Waals surface area contributed by atoms with Gasteiger partial charge in [-0.3, -0.25) is 18.2 Å². The van der Waals surface area contributed by atoms with E-state index in [1.807, 2.05) is 0 Å². The van der Waals surface area contributed by atoms with Crippen LogP contribution in [0.3, 0.4) is 0 Å². The molecule has 8 N–H and O–H groups in total. The van der Waals surface area contributed by atoms with E-state index < -0.39 is 78.1 Å². The van der Waals surface area contributed by atoms with Gasteiger partial charge in [-0.15, -0.1) is 0 Å². The number of fused-ring (bicyclic) bond motifs is 2. The van der Waals surface area contributed by atoms with Crippen molar-refractivity contribution in [1.29, 1.82) is 0 Å². The fourth-order valence-corrected chi connectivity index (χ4v) is 6.85. The van der Waals surface area contributed by atoms with Crippen LogP contribution in [-0.2, 0) is 32.0 Å². The van der Waals surface area contributed by atoms with Crippen molar-refractivity contribution in [1.82, 2.24) is 39.0 Å². The van der Waals surface area contributed by atoms with Gasteiger partial charge >= 0.3 is 15.6 Å². The van der Waals surface area contributed by atoms with Crippen molar-refractivity contribution in [3.05, 3.63) is 25.3 Å².